The number of amides is 1. The van der Waals surface area contributed by atoms with Gasteiger partial charge in [0.2, 0.25) is 5.91 Å². The third-order valence-electron chi connectivity index (χ3n) is 8.14. The van der Waals surface area contributed by atoms with Gasteiger partial charge in [-0.15, -0.1) is 0 Å². The summed E-state index contributed by atoms with van der Waals surface area (Å²) in [5.41, 5.74) is 5.31. The van der Waals surface area contributed by atoms with Gasteiger partial charge in [0.1, 0.15) is 5.69 Å². The van der Waals surface area contributed by atoms with Gasteiger partial charge in [-0.2, -0.15) is 18.3 Å². The maximum atomic E-state index is 12.4. The molecule has 40 heavy (non-hydrogen) atoms. The normalized spacial score (nSPS) is 21.1. The first-order valence-electron chi connectivity index (χ1n) is 13.7. The number of carbonyl (C=O) groups excluding carboxylic acids is 2. The molecule has 0 radical (unpaired) electrons. The van der Waals surface area contributed by atoms with Gasteiger partial charge in [0, 0.05) is 42.2 Å². The largest absolute Gasteiger partial charge is 0.391 e. The third-order valence-corrected chi connectivity index (χ3v) is 8.14. The average molecular weight is 558 g/mol. The summed E-state index contributed by atoms with van der Waals surface area (Å²) >= 11 is 0. The lowest BCUT2D eigenvalue weighted by molar-refractivity contribution is -0.207. The Bertz CT molecular complexity index is 1360. The highest BCUT2D eigenvalue weighted by molar-refractivity contribution is 5.80. The number of piperazine rings is 1. The van der Waals surface area contributed by atoms with Crippen molar-refractivity contribution in [1.82, 2.24) is 24.4 Å². The van der Waals surface area contributed by atoms with Crippen molar-refractivity contribution in [3.05, 3.63) is 53.3 Å². The van der Waals surface area contributed by atoms with Crippen molar-refractivity contribution in [3.63, 3.8) is 0 Å². The summed E-state index contributed by atoms with van der Waals surface area (Å²) in [6, 6.07) is 10.3. The van der Waals surface area contributed by atoms with Crippen molar-refractivity contribution >= 4 is 17.8 Å². The third kappa shape index (κ3) is 6.37. The average Bonchev–Trinajstić information content (AvgIpc) is 3.27. The SMILES string of the molecule is CN1CCN(C(=O)C2CC(C(F)(F)F)C2)CC1(C)C.Cc1ccc(-c2cc(C(C)C)c3nc(C=O)cn3n2)cc1. The van der Waals surface area contributed by atoms with Crippen LogP contribution in [-0.2, 0) is 4.79 Å². The fraction of sp³-hybridized carbons (Fsp3) is 0.533. The molecule has 1 aliphatic heterocycles. The molecule has 7 nitrogen and oxygen atoms in total. The zero-order chi connectivity index (χ0) is 29.4. The summed E-state index contributed by atoms with van der Waals surface area (Å²) in [5, 5.41) is 4.58. The van der Waals surface area contributed by atoms with E-state index < -0.39 is 18.0 Å². The number of rotatable bonds is 4. The van der Waals surface area contributed by atoms with E-state index in [9.17, 15) is 22.8 Å². The maximum Gasteiger partial charge on any atom is 0.391 e. The Morgan fingerprint density at radius 3 is 2.33 bits per heavy atom. The van der Waals surface area contributed by atoms with Crippen molar-refractivity contribution < 1.29 is 22.8 Å². The second-order valence-electron chi connectivity index (χ2n) is 12.0. The molecule has 1 saturated heterocycles. The smallest absolute Gasteiger partial charge is 0.339 e. The Morgan fingerprint density at radius 2 is 1.77 bits per heavy atom. The van der Waals surface area contributed by atoms with Gasteiger partial charge in [-0.25, -0.2) is 9.50 Å². The number of imidazole rings is 1. The molecular weight excluding hydrogens is 519 g/mol. The molecule has 10 heteroatoms. The molecule has 0 N–H and O–H groups in total. The molecule has 1 aromatic carbocycles. The van der Waals surface area contributed by atoms with Crippen LogP contribution in [-0.4, -0.2) is 75.0 Å². The van der Waals surface area contributed by atoms with Gasteiger partial charge < -0.3 is 4.90 Å². The van der Waals surface area contributed by atoms with Gasteiger partial charge in [-0.3, -0.25) is 14.5 Å². The Balaban J connectivity index is 0.000000186. The molecule has 2 aliphatic rings. The van der Waals surface area contributed by atoms with Crippen LogP contribution in [0.3, 0.4) is 0 Å². The zero-order valence-electron chi connectivity index (χ0n) is 24.0. The molecule has 1 aliphatic carbocycles. The Labute approximate surface area is 233 Å². The van der Waals surface area contributed by atoms with E-state index >= 15 is 0 Å². The molecule has 0 bridgehead atoms. The predicted octanol–water partition coefficient (Wildman–Crippen LogP) is 5.77. The summed E-state index contributed by atoms with van der Waals surface area (Å²) in [4.78, 5) is 31.4. The molecule has 0 spiro atoms. The molecule has 0 unspecified atom stereocenters. The standard InChI is InChI=1S/C17H17N3O.C13H21F3N2O/c1-11(2)15-8-16(13-6-4-12(3)5-7-13)19-20-9-14(10-21)18-17(15)20;1-12(2)8-18(5-4-17(12)3)11(19)9-6-10(7-9)13(14,15)16/h4-11H,1-3H3;9-10H,4-8H2,1-3H3. The first-order chi connectivity index (χ1) is 18.7. The highest BCUT2D eigenvalue weighted by Gasteiger charge is 2.51. The van der Waals surface area contributed by atoms with Gasteiger partial charge >= 0.3 is 6.18 Å². The number of fused-ring (bicyclic) bond motifs is 1. The van der Waals surface area contributed by atoms with Crippen molar-refractivity contribution in [1.29, 1.82) is 0 Å². The number of aryl methyl sites for hydroxylation is 1. The van der Waals surface area contributed by atoms with E-state index in [2.05, 4.69) is 66.1 Å². The lowest BCUT2D eigenvalue weighted by Crippen LogP contribution is -2.60. The van der Waals surface area contributed by atoms with Crippen molar-refractivity contribution in [2.45, 2.75) is 65.1 Å². The zero-order valence-corrected chi connectivity index (χ0v) is 24.0. The maximum absolute atomic E-state index is 12.4. The monoisotopic (exact) mass is 557 g/mol. The summed E-state index contributed by atoms with van der Waals surface area (Å²) in [7, 11) is 2.00. The second-order valence-corrected chi connectivity index (χ2v) is 12.0. The summed E-state index contributed by atoms with van der Waals surface area (Å²) in [6.07, 6.45) is -1.78. The first-order valence-corrected chi connectivity index (χ1v) is 13.7. The van der Waals surface area contributed by atoms with E-state index in [0.717, 1.165) is 35.3 Å². The summed E-state index contributed by atoms with van der Waals surface area (Å²) in [5.74, 6) is -1.49. The van der Waals surface area contributed by atoms with E-state index in [1.807, 2.05) is 20.9 Å². The van der Waals surface area contributed by atoms with E-state index in [1.165, 1.54) is 5.56 Å². The van der Waals surface area contributed by atoms with Crippen LogP contribution in [0.1, 0.15) is 68.1 Å². The van der Waals surface area contributed by atoms with Gasteiger partial charge in [0.05, 0.1) is 17.8 Å². The number of aromatic nitrogens is 3. The Morgan fingerprint density at radius 1 is 1.12 bits per heavy atom. The van der Waals surface area contributed by atoms with Crippen LogP contribution in [0.4, 0.5) is 13.2 Å². The van der Waals surface area contributed by atoms with Gasteiger partial charge in [-0.1, -0.05) is 43.7 Å². The number of aldehydes is 1. The number of halogens is 3. The van der Waals surface area contributed by atoms with Crippen LogP contribution < -0.4 is 0 Å². The predicted molar refractivity (Wildman–Crippen MR) is 148 cm³/mol. The van der Waals surface area contributed by atoms with Gasteiger partial charge in [0.25, 0.3) is 0 Å². The van der Waals surface area contributed by atoms with Crippen molar-refractivity contribution in [2.24, 2.45) is 11.8 Å². The minimum Gasteiger partial charge on any atom is -0.339 e. The first kappa shape index (κ1) is 29.7. The quantitative estimate of drug-likeness (QED) is 0.381. The fourth-order valence-corrected chi connectivity index (χ4v) is 5.14. The van der Waals surface area contributed by atoms with E-state index in [4.69, 9.17) is 0 Å². The Hall–Kier alpha value is -3.27. The molecule has 2 aromatic heterocycles. The molecule has 3 heterocycles. The number of benzene rings is 1. The number of hydrogen-bond donors (Lipinski definition) is 0. The van der Waals surface area contributed by atoms with Crippen LogP contribution in [0.5, 0.6) is 0 Å². The number of nitrogens with zero attached hydrogens (tertiary/aromatic N) is 5. The molecule has 1 saturated carbocycles. The number of alkyl halides is 3. The van der Waals surface area contributed by atoms with Crippen molar-refractivity contribution in [3.8, 4) is 11.3 Å². The number of likely N-dealkylation sites (N-methyl/N-ethyl adjacent to an activating group) is 1. The molecule has 5 rings (SSSR count). The summed E-state index contributed by atoms with van der Waals surface area (Å²) < 4.78 is 39.0. The van der Waals surface area contributed by atoms with E-state index in [-0.39, 0.29) is 24.3 Å². The highest BCUT2D eigenvalue weighted by atomic mass is 19.4. The van der Waals surface area contributed by atoms with Crippen LogP contribution in [0, 0.1) is 18.8 Å². The molecule has 3 aromatic rings. The minimum atomic E-state index is -4.14. The fourth-order valence-electron chi connectivity index (χ4n) is 5.14. The highest BCUT2D eigenvalue weighted by Crippen LogP contribution is 2.45. The summed E-state index contributed by atoms with van der Waals surface area (Å²) in [6.45, 7) is 12.4. The molecule has 2 fully saturated rings. The van der Waals surface area contributed by atoms with Crippen molar-refractivity contribution in [2.75, 3.05) is 26.7 Å². The topological polar surface area (TPSA) is 70.8 Å². The lowest BCUT2D eigenvalue weighted by Gasteiger charge is -2.47. The van der Waals surface area contributed by atoms with Gasteiger partial charge in [-0.05, 0) is 52.6 Å². The molecule has 1 amide bonds. The van der Waals surface area contributed by atoms with Crippen LogP contribution in [0.15, 0.2) is 36.5 Å². The molecule has 0 atom stereocenters. The Kier molecular flexibility index (Phi) is 8.40. The minimum absolute atomic E-state index is 0.0326. The van der Waals surface area contributed by atoms with Crippen LogP contribution >= 0.6 is 0 Å². The van der Waals surface area contributed by atoms with Gasteiger partial charge in [0.15, 0.2) is 11.9 Å². The van der Waals surface area contributed by atoms with Crippen LogP contribution in [0.25, 0.3) is 16.9 Å². The number of carbonyl (C=O) groups is 2. The second kappa shape index (κ2) is 11.3. The molecular formula is C30H38F3N5O2. The van der Waals surface area contributed by atoms with E-state index in [0.29, 0.717) is 24.7 Å². The number of hydrogen-bond acceptors (Lipinski definition) is 5. The lowest BCUT2D eigenvalue weighted by atomic mass is 9.73. The van der Waals surface area contributed by atoms with E-state index in [1.54, 1.807) is 15.6 Å². The molecule has 216 valence electrons. The van der Waals surface area contributed by atoms with Crippen LogP contribution in [0.2, 0.25) is 0 Å².